The van der Waals surface area contributed by atoms with E-state index in [2.05, 4.69) is 11.6 Å². The Hall–Kier alpha value is 0.230. The molecule has 0 aromatic heterocycles. The van der Waals surface area contributed by atoms with Gasteiger partial charge in [0.25, 0.3) is 0 Å². The third-order valence-corrected chi connectivity index (χ3v) is 2.92. The van der Waals surface area contributed by atoms with Gasteiger partial charge in [0, 0.05) is 19.8 Å². The molecule has 0 aliphatic heterocycles. The van der Waals surface area contributed by atoms with E-state index < -0.39 is 0 Å². The molecule has 0 atom stereocenters. The first-order chi connectivity index (χ1) is 7.85. The summed E-state index contributed by atoms with van der Waals surface area (Å²) in [6.07, 6.45) is 5.95. The number of ether oxygens (including phenoxy) is 2. The molecule has 0 fully saturated rings. The van der Waals surface area contributed by atoms with Crippen molar-refractivity contribution in [3.05, 3.63) is 0 Å². The molecule has 0 saturated heterocycles. The fraction of sp³-hybridized carbons (Fsp3) is 1.00. The standard InChI is InChI=1S/C12H27NO2S/c1-4-14-12(15-5-2)11-13-9-7-6-8-10-16-3/h12-13H,4-11H2,1-3H3. The minimum Gasteiger partial charge on any atom is -0.352 e. The molecule has 16 heavy (non-hydrogen) atoms. The number of hydrogen-bond donors (Lipinski definition) is 1. The lowest BCUT2D eigenvalue weighted by Crippen LogP contribution is -2.32. The van der Waals surface area contributed by atoms with Gasteiger partial charge < -0.3 is 14.8 Å². The van der Waals surface area contributed by atoms with Gasteiger partial charge in [-0.05, 0) is 45.2 Å². The molecule has 3 nitrogen and oxygen atoms in total. The molecule has 0 aliphatic rings. The Labute approximate surface area is 105 Å². The first-order valence-electron chi connectivity index (χ1n) is 6.28. The minimum absolute atomic E-state index is 0.0822. The highest BCUT2D eigenvalue weighted by atomic mass is 32.2. The van der Waals surface area contributed by atoms with Crippen molar-refractivity contribution in [2.24, 2.45) is 0 Å². The summed E-state index contributed by atoms with van der Waals surface area (Å²) in [5.41, 5.74) is 0. The minimum atomic E-state index is -0.0822. The second-order valence-electron chi connectivity index (χ2n) is 3.60. The fourth-order valence-corrected chi connectivity index (χ4v) is 1.92. The van der Waals surface area contributed by atoms with Crippen molar-refractivity contribution in [3.63, 3.8) is 0 Å². The quantitative estimate of drug-likeness (QED) is 0.425. The number of unbranched alkanes of at least 4 members (excludes halogenated alkanes) is 2. The summed E-state index contributed by atoms with van der Waals surface area (Å²) >= 11 is 1.92. The summed E-state index contributed by atoms with van der Waals surface area (Å²) in [4.78, 5) is 0. The van der Waals surface area contributed by atoms with E-state index in [1.165, 1.54) is 25.0 Å². The number of rotatable bonds is 12. The predicted molar refractivity (Wildman–Crippen MR) is 72.1 cm³/mol. The van der Waals surface area contributed by atoms with Gasteiger partial charge >= 0.3 is 0 Å². The van der Waals surface area contributed by atoms with Crippen LogP contribution in [-0.4, -0.2) is 44.6 Å². The first-order valence-corrected chi connectivity index (χ1v) is 7.67. The van der Waals surface area contributed by atoms with E-state index in [9.17, 15) is 0 Å². The molecule has 0 unspecified atom stereocenters. The molecule has 4 heteroatoms. The summed E-state index contributed by atoms with van der Waals surface area (Å²) in [5, 5.41) is 3.38. The van der Waals surface area contributed by atoms with E-state index in [-0.39, 0.29) is 6.29 Å². The van der Waals surface area contributed by atoms with Crippen LogP contribution in [0, 0.1) is 0 Å². The first kappa shape index (κ1) is 16.2. The van der Waals surface area contributed by atoms with Gasteiger partial charge in [-0.25, -0.2) is 0 Å². The molecule has 0 heterocycles. The average molecular weight is 249 g/mol. The van der Waals surface area contributed by atoms with Crippen LogP contribution < -0.4 is 5.32 Å². The summed E-state index contributed by atoms with van der Waals surface area (Å²) in [6, 6.07) is 0. The van der Waals surface area contributed by atoms with Gasteiger partial charge in [0.2, 0.25) is 0 Å². The average Bonchev–Trinajstić information content (AvgIpc) is 2.28. The van der Waals surface area contributed by atoms with E-state index in [0.717, 1.165) is 13.1 Å². The van der Waals surface area contributed by atoms with Crippen LogP contribution in [0.15, 0.2) is 0 Å². The monoisotopic (exact) mass is 249 g/mol. The lowest BCUT2D eigenvalue weighted by molar-refractivity contribution is -0.132. The second kappa shape index (κ2) is 13.3. The molecule has 0 aromatic rings. The Morgan fingerprint density at radius 1 is 1.06 bits per heavy atom. The van der Waals surface area contributed by atoms with Crippen molar-refractivity contribution in [1.82, 2.24) is 5.32 Å². The maximum atomic E-state index is 5.44. The summed E-state index contributed by atoms with van der Waals surface area (Å²) in [5.74, 6) is 1.28. The smallest absolute Gasteiger partial charge is 0.169 e. The third-order valence-electron chi connectivity index (χ3n) is 2.22. The zero-order valence-electron chi connectivity index (χ0n) is 11.0. The van der Waals surface area contributed by atoms with Crippen molar-refractivity contribution in [1.29, 1.82) is 0 Å². The lowest BCUT2D eigenvalue weighted by Gasteiger charge is -2.17. The molecule has 0 rings (SSSR count). The third kappa shape index (κ3) is 10.7. The zero-order chi connectivity index (χ0) is 12.1. The van der Waals surface area contributed by atoms with Gasteiger partial charge in [-0.15, -0.1) is 0 Å². The maximum Gasteiger partial charge on any atom is 0.169 e. The van der Waals surface area contributed by atoms with Gasteiger partial charge in [0.05, 0.1) is 0 Å². The van der Waals surface area contributed by atoms with Crippen LogP contribution in [0.3, 0.4) is 0 Å². The maximum absolute atomic E-state index is 5.44. The molecule has 0 bridgehead atoms. The normalized spacial score (nSPS) is 11.2. The molecule has 98 valence electrons. The molecule has 0 spiro atoms. The van der Waals surface area contributed by atoms with Gasteiger partial charge in [0.1, 0.15) is 0 Å². The van der Waals surface area contributed by atoms with Crippen LogP contribution in [0.1, 0.15) is 33.1 Å². The van der Waals surface area contributed by atoms with E-state index >= 15 is 0 Å². The molecular weight excluding hydrogens is 222 g/mol. The molecular formula is C12H27NO2S. The molecule has 1 N–H and O–H groups in total. The Kier molecular flexibility index (Phi) is 13.5. The Bertz CT molecular complexity index is 130. The van der Waals surface area contributed by atoms with E-state index in [1.807, 2.05) is 25.6 Å². The lowest BCUT2D eigenvalue weighted by atomic mass is 10.2. The van der Waals surface area contributed by atoms with Crippen molar-refractivity contribution < 1.29 is 9.47 Å². The number of thioether (sulfide) groups is 1. The Morgan fingerprint density at radius 2 is 1.75 bits per heavy atom. The van der Waals surface area contributed by atoms with Gasteiger partial charge in [-0.2, -0.15) is 11.8 Å². The molecule has 0 amide bonds. The number of nitrogens with one attached hydrogen (secondary N) is 1. The largest absolute Gasteiger partial charge is 0.352 e. The van der Waals surface area contributed by atoms with Crippen LogP contribution >= 0.6 is 11.8 Å². The van der Waals surface area contributed by atoms with Crippen LogP contribution in [0.5, 0.6) is 0 Å². The van der Waals surface area contributed by atoms with Crippen molar-refractivity contribution in [2.75, 3.05) is 38.3 Å². The molecule has 0 saturated carbocycles. The topological polar surface area (TPSA) is 30.5 Å². The van der Waals surface area contributed by atoms with E-state index in [0.29, 0.717) is 13.2 Å². The van der Waals surface area contributed by atoms with Crippen LogP contribution in [0.25, 0.3) is 0 Å². The van der Waals surface area contributed by atoms with Crippen molar-refractivity contribution in [2.45, 2.75) is 39.4 Å². The summed E-state index contributed by atoms with van der Waals surface area (Å²) in [7, 11) is 0. The zero-order valence-corrected chi connectivity index (χ0v) is 11.8. The Morgan fingerprint density at radius 3 is 2.31 bits per heavy atom. The molecule has 0 aliphatic carbocycles. The summed E-state index contributed by atoms with van der Waals surface area (Å²) < 4.78 is 10.9. The molecule has 0 radical (unpaired) electrons. The Balaban J connectivity index is 3.25. The van der Waals surface area contributed by atoms with Crippen LogP contribution in [-0.2, 0) is 9.47 Å². The highest BCUT2D eigenvalue weighted by Gasteiger charge is 2.05. The molecule has 0 aromatic carbocycles. The fourth-order valence-electron chi connectivity index (χ4n) is 1.43. The van der Waals surface area contributed by atoms with Gasteiger partial charge in [-0.3, -0.25) is 0 Å². The van der Waals surface area contributed by atoms with E-state index in [1.54, 1.807) is 0 Å². The SMILES string of the molecule is CCOC(CNCCCCCSC)OCC. The van der Waals surface area contributed by atoms with Gasteiger partial charge in [0.15, 0.2) is 6.29 Å². The number of hydrogen-bond acceptors (Lipinski definition) is 4. The van der Waals surface area contributed by atoms with Crippen LogP contribution in [0.4, 0.5) is 0 Å². The van der Waals surface area contributed by atoms with Crippen LogP contribution in [0.2, 0.25) is 0 Å². The second-order valence-corrected chi connectivity index (χ2v) is 4.58. The highest BCUT2D eigenvalue weighted by Crippen LogP contribution is 2.01. The van der Waals surface area contributed by atoms with Gasteiger partial charge in [-0.1, -0.05) is 6.42 Å². The van der Waals surface area contributed by atoms with Crippen molar-refractivity contribution in [3.8, 4) is 0 Å². The summed E-state index contributed by atoms with van der Waals surface area (Å²) in [6.45, 7) is 7.26. The predicted octanol–water partition coefficient (Wildman–Crippen LogP) is 2.51. The highest BCUT2D eigenvalue weighted by molar-refractivity contribution is 7.98. The van der Waals surface area contributed by atoms with Crippen molar-refractivity contribution >= 4 is 11.8 Å². The van der Waals surface area contributed by atoms with E-state index in [4.69, 9.17) is 9.47 Å².